The van der Waals surface area contributed by atoms with Gasteiger partial charge in [0.2, 0.25) is 0 Å². The highest BCUT2D eigenvalue weighted by Gasteiger charge is 2.00. The third kappa shape index (κ3) is 2.98. The summed E-state index contributed by atoms with van der Waals surface area (Å²) in [5.41, 5.74) is 3.76. The molecule has 4 nitrogen and oxygen atoms in total. The lowest BCUT2D eigenvalue weighted by Crippen LogP contribution is -2.30. The smallest absolute Gasteiger partial charge is 0.189 e. The molecule has 0 spiro atoms. The van der Waals surface area contributed by atoms with Crippen molar-refractivity contribution >= 4 is 45.1 Å². The maximum atomic E-state index is 5.04. The number of thiazole rings is 1. The van der Waals surface area contributed by atoms with Crippen molar-refractivity contribution in [1.29, 1.82) is 0 Å². The Bertz CT molecular complexity index is 526. The Morgan fingerprint density at radius 1 is 1.47 bits per heavy atom. The second kappa shape index (κ2) is 5.20. The van der Waals surface area contributed by atoms with Crippen LogP contribution < -0.4 is 5.43 Å². The second-order valence-corrected chi connectivity index (χ2v) is 5.04. The van der Waals surface area contributed by atoms with Gasteiger partial charge in [0.25, 0.3) is 0 Å². The van der Waals surface area contributed by atoms with E-state index in [4.69, 9.17) is 12.2 Å². The molecule has 0 radical (unpaired) electrons. The Balaban J connectivity index is 2.08. The van der Waals surface area contributed by atoms with E-state index in [1.807, 2.05) is 38.4 Å². The number of para-hydroxylation sites is 1. The summed E-state index contributed by atoms with van der Waals surface area (Å²) in [7, 11) is 3.73. The zero-order valence-electron chi connectivity index (χ0n) is 9.54. The van der Waals surface area contributed by atoms with Gasteiger partial charge in [0.1, 0.15) is 5.01 Å². The van der Waals surface area contributed by atoms with Gasteiger partial charge in [-0.25, -0.2) is 4.98 Å². The van der Waals surface area contributed by atoms with Crippen LogP contribution in [0.15, 0.2) is 29.4 Å². The van der Waals surface area contributed by atoms with E-state index in [1.165, 1.54) is 0 Å². The molecule has 2 aromatic rings. The lowest BCUT2D eigenvalue weighted by atomic mass is 10.3. The van der Waals surface area contributed by atoms with Crippen LogP contribution in [0.3, 0.4) is 0 Å². The van der Waals surface area contributed by atoms with E-state index in [-0.39, 0.29) is 0 Å². The third-order valence-electron chi connectivity index (χ3n) is 2.05. The lowest BCUT2D eigenvalue weighted by Gasteiger charge is -2.11. The van der Waals surface area contributed by atoms with Gasteiger partial charge >= 0.3 is 0 Å². The molecule has 1 aromatic heterocycles. The number of hydrazone groups is 1. The molecule has 1 N–H and O–H groups in total. The van der Waals surface area contributed by atoms with Crippen molar-refractivity contribution in [3.8, 4) is 0 Å². The van der Waals surface area contributed by atoms with Gasteiger partial charge in [0.15, 0.2) is 5.11 Å². The molecular formula is C11H12N4S2. The molecule has 0 fully saturated rings. The van der Waals surface area contributed by atoms with Crippen LogP contribution in [-0.2, 0) is 0 Å². The highest BCUT2D eigenvalue weighted by Crippen LogP contribution is 2.19. The molecule has 17 heavy (non-hydrogen) atoms. The zero-order chi connectivity index (χ0) is 12.3. The minimum atomic E-state index is 0.572. The quantitative estimate of drug-likeness (QED) is 0.512. The average molecular weight is 264 g/mol. The molecule has 6 heteroatoms. The zero-order valence-corrected chi connectivity index (χ0v) is 11.2. The van der Waals surface area contributed by atoms with E-state index in [0.29, 0.717) is 5.11 Å². The summed E-state index contributed by atoms with van der Waals surface area (Å²) in [6, 6.07) is 8.01. The van der Waals surface area contributed by atoms with Gasteiger partial charge in [-0.05, 0) is 24.4 Å². The SMILES string of the molecule is CN(C)C(=S)N/N=C/c1nc2ccccc2s1. The minimum Gasteiger partial charge on any atom is -0.354 e. The van der Waals surface area contributed by atoms with Gasteiger partial charge in [0, 0.05) is 14.1 Å². The highest BCUT2D eigenvalue weighted by molar-refractivity contribution is 7.80. The number of nitrogens with zero attached hydrogens (tertiary/aromatic N) is 3. The summed E-state index contributed by atoms with van der Waals surface area (Å²) in [6.45, 7) is 0. The Labute approximate surface area is 109 Å². The van der Waals surface area contributed by atoms with Crippen molar-refractivity contribution in [3.05, 3.63) is 29.3 Å². The number of benzene rings is 1. The summed E-state index contributed by atoms with van der Waals surface area (Å²) in [5.74, 6) is 0. The van der Waals surface area contributed by atoms with Crippen LogP contribution in [0.25, 0.3) is 10.2 Å². The average Bonchev–Trinajstić information content (AvgIpc) is 2.71. The number of hydrogen-bond acceptors (Lipinski definition) is 4. The fraction of sp³-hybridized carbons (Fsp3) is 0.182. The largest absolute Gasteiger partial charge is 0.354 e. The van der Waals surface area contributed by atoms with Gasteiger partial charge in [0.05, 0.1) is 16.4 Å². The third-order valence-corrected chi connectivity index (χ3v) is 3.48. The molecule has 0 bridgehead atoms. The molecule has 0 aliphatic heterocycles. The van der Waals surface area contributed by atoms with Crippen LogP contribution in [0.5, 0.6) is 0 Å². The fourth-order valence-corrected chi connectivity index (χ4v) is 2.08. The standard InChI is InChI=1S/C11H12N4S2/c1-15(2)11(16)14-12-7-10-13-8-5-3-4-6-9(8)17-10/h3-7H,1-2H3,(H,14,16)/b12-7+. The van der Waals surface area contributed by atoms with Crippen molar-refractivity contribution in [2.24, 2.45) is 5.10 Å². The maximum absolute atomic E-state index is 5.04. The predicted octanol–water partition coefficient (Wildman–Crippen LogP) is 2.07. The Hall–Kier alpha value is -1.53. The molecule has 0 aliphatic rings. The van der Waals surface area contributed by atoms with E-state index >= 15 is 0 Å². The van der Waals surface area contributed by atoms with Crippen molar-refractivity contribution in [1.82, 2.24) is 15.3 Å². The van der Waals surface area contributed by atoms with Gasteiger partial charge in [-0.15, -0.1) is 11.3 Å². The van der Waals surface area contributed by atoms with Crippen LogP contribution in [0.2, 0.25) is 0 Å². The number of hydrogen-bond donors (Lipinski definition) is 1. The molecule has 0 atom stereocenters. The fourth-order valence-electron chi connectivity index (χ4n) is 1.19. The van der Waals surface area contributed by atoms with Crippen LogP contribution >= 0.6 is 23.6 Å². The predicted molar refractivity (Wildman–Crippen MR) is 76.6 cm³/mol. The second-order valence-electron chi connectivity index (χ2n) is 3.59. The van der Waals surface area contributed by atoms with E-state index in [0.717, 1.165) is 15.2 Å². The molecule has 0 saturated carbocycles. The van der Waals surface area contributed by atoms with Gasteiger partial charge in [-0.2, -0.15) is 5.10 Å². The minimum absolute atomic E-state index is 0.572. The normalized spacial score (nSPS) is 10.9. The Morgan fingerprint density at radius 3 is 2.94 bits per heavy atom. The van der Waals surface area contributed by atoms with Crippen LogP contribution in [0, 0.1) is 0 Å². The van der Waals surface area contributed by atoms with E-state index in [2.05, 4.69) is 15.5 Å². The maximum Gasteiger partial charge on any atom is 0.189 e. The first-order valence-electron chi connectivity index (χ1n) is 5.03. The van der Waals surface area contributed by atoms with E-state index < -0.39 is 0 Å². The molecule has 88 valence electrons. The number of nitrogens with one attached hydrogen (secondary N) is 1. The number of thiocarbonyl (C=S) groups is 1. The summed E-state index contributed by atoms with van der Waals surface area (Å²) < 4.78 is 1.16. The molecule has 0 unspecified atom stereocenters. The Morgan fingerprint density at radius 2 is 2.24 bits per heavy atom. The topological polar surface area (TPSA) is 40.5 Å². The van der Waals surface area contributed by atoms with Gasteiger partial charge in [-0.1, -0.05) is 12.1 Å². The van der Waals surface area contributed by atoms with E-state index in [9.17, 15) is 0 Å². The summed E-state index contributed by atoms with van der Waals surface area (Å²) in [4.78, 5) is 6.21. The molecule has 0 amide bonds. The molecule has 1 heterocycles. The number of rotatable bonds is 2. The van der Waals surface area contributed by atoms with Crippen molar-refractivity contribution < 1.29 is 0 Å². The van der Waals surface area contributed by atoms with Crippen molar-refractivity contribution in [3.63, 3.8) is 0 Å². The first kappa shape index (κ1) is 11.9. The van der Waals surface area contributed by atoms with Crippen molar-refractivity contribution in [2.75, 3.05) is 14.1 Å². The molecule has 0 saturated heterocycles. The summed E-state index contributed by atoms with van der Waals surface area (Å²) >= 11 is 6.64. The van der Waals surface area contributed by atoms with Crippen LogP contribution in [0.1, 0.15) is 5.01 Å². The van der Waals surface area contributed by atoms with Crippen LogP contribution in [0.4, 0.5) is 0 Å². The molecular weight excluding hydrogens is 252 g/mol. The monoisotopic (exact) mass is 264 g/mol. The molecule has 2 rings (SSSR count). The molecule has 0 aliphatic carbocycles. The number of fused-ring (bicyclic) bond motifs is 1. The lowest BCUT2D eigenvalue weighted by molar-refractivity contribution is 0.606. The van der Waals surface area contributed by atoms with Gasteiger partial charge in [-0.3, -0.25) is 5.43 Å². The summed E-state index contributed by atoms with van der Waals surface area (Å²) in [5, 5.41) is 5.48. The summed E-state index contributed by atoms with van der Waals surface area (Å²) in [6.07, 6.45) is 1.68. The van der Waals surface area contributed by atoms with Crippen molar-refractivity contribution in [2.45, 2.75) is 0 Å². The van der Waals surface area contributed by atoms with E-state index in [1.54, 1.807) is 22.5 Å². The first-order valence-corrected chi connectivity index (χ1v) is 6.25. The highest BCUT2D eigenvalue weighted by atomic mass is 32.1. The molecule has 1 aromatic carbocycles. The van der Waals surface area contributed by atoms with Crippen LogP contribution in [-0.4, -0.2) is 35.3 Å². The van der Waals surface area contributed by atoms with Gasteiger partial charge < -0.3 is 4.90 Å². The number of aromatic nitrogens is 1. The Kier molecular flexibility index (Phi) is 3.65. The first-order chi connectivity index (χ1) is 8.16.